The molecule has 1 unspecified atom stereocenters. The van der Waals surface area contributed by atoms with Crippen molar-refractivity contribution in [2.45, 2.75) is 31.7 Å². The van der Waals surface area contributed by atoms with Crippen LogP contribution in [0.5, 0.6) is 0 Å². The topological polar surface area (TPSA) is 55.1 Å². The highest BCUT2D eigenvalue weighted by atomic mass is 32.2. The fourth-order valence-corrected chi connectivity index (χ4v) is 3.49. The number of nitrogens with zero attached hydrogens (tertiary/aromatic N) is 2. The summed E-state index contributed by atoms with van der Waals surface area (Å²) in [7, 11) is 0. The first-order chi connectivity index (χ1) is 7.58. The number of thioether (sulfide) groups is 1. The Balaban J connectivity index is 2.47. The van der Waals surface area contributed by atoms with Gasteiger partial charge in [-0.3, -0.25) is 0 Å². The maximum atomic E-state index is 11.5. The van der Waals surface area contributed by atoms with E-state index < -0.39 is 11.5 Å². The molecule has 0 radical (unpaired) electrons. The van der Waals surface area contributed by atoms with Crippen LogP contribution >= 0.6 is 11.8 Å². The van der Waals surface area contributed by atoms with Gasteiger partial charge in [0.15, 0.2) is 5.54 Å². The summed E-state index contributed by atoms with van der Waals surface area (Å²) >= 11 is 1.70. The standard InChI is InChI=1S/C11H16N2O2S/c1-8(2)9-12-4-5-13(9)11(10(14)15)3-6-16-7-11/h4-5,8H,3,6-7H2,1-2H3,(H,14,15). The van der Waals surface area contributed by atoms with Crippen molar-refractivity contribution in [1.29, 1.82) is 0 Å². The van der Waals surface area contributed by atoms with Gasteiger partial charge >= 0.3 is 5.97 Å². The van der Waals surface area contributed by atoms with Gasteiger partial charge < -0.3 is 9.67 Å². The highest BCUT2D eigenvalue weighted by molar-refractivity contribution is 7.99. The third-order valence-electron chi connectivity index (χ3n) is 3.05. The molecule has 16 heavy (non-hydrogen) atoms. The third-order valence-corrected chi connectivity index (χ3v) is 4.22. The Bertz CT molecular complexity index is 394. The van der Waals surface area contributed by atoms with E-state index in [1.165, 1.54) is 0 Å². The summed E-state index contributed by atoms with van der Waals surface area (Å²) < 4.78 is 1.86. The summed E-state index contributed by atoms with van der Waals surface area (Å²) in [5.74, 6) is 1.92. The Morgan fingerprint density at radius 2 is 2.44 bits per heavy atom. The predicted octanol–water partition coefficient (Wildman–Crippen LogP) is 1.92. The highest BCUT2D eigenvalue weighted by Gasteiger charge is 2.44. The molecule has 1 aliphatic rings. The van der Waals surface area contributed by atoms with Crippen LogP contribution in [0.1, 0.15) is 32.0 Å². The maximum absolute atomic E-state index is 11.5. The monoisotopic (exact) mass is 240 g/mol. The van der Waals surface area contributed by atoms with Gasteiger partial charge in [0.1, 0.15) is 5.82 Å². The van der Waals surface area contributed by atoms with Crippen LogP contribution in [-0.4, -0.2) is 32.1 Å². The van der Waals surface area contributed by atoms with E-state index >= 15 is 0 Å². The lowest BCUT2D eigenvalue weighted by Crippen LogP contribution is -2.42. The molecule has 1 fully saturated rings. The molecule has 88 valence electrons. The summed E-state index contributed by atoms with van der Waals surface area (Å²) in [6, 6.07) is 0. The van der Waals surface area contributed by atoms with Gasteiger partial charge in [-0.1, -0.05) is 13.8 Å². The number of hydrogen-bond donors (Lipinski definition) is 1. The SMILES string of the molecule is CC(C)c1nccn1C1(C(=O)O)CCSC1. The van der Waals surface area contributed by atoms with Gasteiger partial charge in [-0.05, 0) is 12.2 Å². The van der Waals surface area contributed by atoms with Gasteiger partial charge in [-0.25, -0.2) is 9.78 Å². The van der Waals surface area contributed by atoms with E-state index in [0.717, 1.165) is 11.6 Å². The lowest BCUT2D eigenvalue weighted by molar-refractivity contribution is -0.146. The Kier molecular flexibility index (Phi) is 2.97. The van der Waals surface area contributed by atoms with Crippen LogP contribution in [0, 0.1) is 0 Å². The average Bonchev–Trinajstić information content (AvgIpc) is 2.87. The van der Waals surface area contributed by atoms with Crippen molar-refractivity contribution in [3.05, 3.63) is 18.2 Å². The van der Waals surface area contributed by atoms with E-state index in [4.69, 9.17) is 0 Å². The van der Waals surface area contributed by atoms with Crippen LogP contribution in [0.4, 0.5) is 0 Å². The second kappa shape index (κ2) is 4.13. The number of carbonyl (C=O) groups is 1. The second-order valence-corrected chi connectivity index (χ2v) is 5.55. The summed E-state index contributed by atoms with van der Waals surface area (Å²) in [5.41, 5.74) is -0.777. The van der Waals surface area contributed by atoms with E-state index in [2.05, 4.69) is 4.98 Å². The van der Waals surface area contributed by atoms with Gasteiger partial charge in [-0.2, -0.15) is 11.8 Å². The summed E-state index contributed by atoms with van der Waals surface area (Å²) in [6.45, 7) is 4.08. The summed E-state index contributed by atoms with van der Waals surface area (Å²) in [6.07, 6.45) is 4.18. The fourth-order valence-electron chi connectivity index (χ4n) is 2.12. The minimum Gasteiger partial charge on any atom is -0.479 e. The van der Waals surface area contributed by atoms with Crippen LogP contribution in [0.3, 0.4) is 0 Å². The van der Waals surface area contributed by atoms with Gasteiger partial charge in [0.05, 0.1) is 0 Å². The molecule has 1 aliphatic heterocycles. The van der Waals surface area contributed by atoms with Gasteiger partial charge in [0.2, 0.25) is 0 Å². The number of rotatable bonds is 3. The lowest BCUT2D eigenvalue weighted by atomic mass is 9.98. The van der Waals surface area contributed by atoms with Gasteiger partial charge in [0.25, 0.3) is 0 Å². The largest absolute Gasteiger partial charge is 0.479 e. The number of carboxylic acids is 1. The van der Waals surface area contributed by atoms with Crippen LogP contribution < -0.4 is 0 Å². The molecule has 0 spiro atoms. The number of aliphatic carboxylic acids is 1. The van der Waals surface area contributed by atoms with Gasteiger partial charge in [0, 0.05) is 24.1 Å². The van der Waals surface area contributed by atoms with Crippen molar-refractivity contribution in [3.63, 3.8) is 0 Å². The highest BCUT2D eigenvalue weighted by Crippen LogP contribution is 2.36. The van der Waals surface area contributed by atoms with E-state index in [-0.39, 0.29) is 5.92 Å². The summed E-state index contributed by atoms with van der Waals surface area (Å²) in [5, 5.41) is 9.48. The average molecular weight is 240 g/mol. The molecule has 0 saturated carbocycles. The predicted molar refractivity (Wildman–Crippen MR) is 63.9 cm³/mol. The van der Waals surface area contributed by atoms with E-state index in [1.807, 2.05) is 18.4 Å². The molecule has 0 bridgehead atoms. The Morgan fingerprint density at radius 3 is 2.94 bits per heavy atom. The molecular weight excluding hydrogens is 224 g/mol. The normalized spacial score (nSPS) is 25.2. The fraction of sp³-hybridized carbons (Fsp3) is 0.636. The number of imidazole rings is 1. The zero-order valence-electron chi connectivity index (χ0n) is 9.51. The lowest BCUT2D eigenvalue weighted by Gasteiger charge is -2.27. The number of aromatic nitrogens is 2. The van der Waals surface area contributed by atoms with Crippen molar-refractivity contribution >= 4 is 17.7 Å². The van der Waals surface area contributed by atoms with Crippen LogP contribution in [-0.2, 0) is 10.3 Å². The van der Waals surface area contributed by atoms with Crippen molar-refractivity contribution < 1.29 is 9.90 Å². The molecule has 4 nitrogen and oxygen atoms in total. The first kappa shape index (κ1) is 11.5. The van der Waals surface area contributed by atoms with Gasteiger partial charge in [-0.15, -0.1) is 0 Å². The molecule has 1 aromatic rings. The molecule has 2 rings (SSSR count). The minimum absolute atomic E-state index is 0.247. The van der Waals surface area contributed by atoms with E-state index in [9.17, 15) is 9.90 Å². The number of carboxylic acid groups (broad SMARTS) is 1. The molecule has 1 N–H and O–H groups in total. The smallest absolute Gasteiger partial charge is 0.330 e. The second-order valence-electron chi connectivity index (χ2n) is 4.45. The zero-order valence-corrected chi connectivity index (χ0v) is 10.3. The maximum Gasteiger partial charge on any atom is 0.330 e. The quantitative estimate of drug-likeness (QED) is 0.877. The van der Waals surface area contributed by atoms with E-state index in [0.29, 0.717) is 12.2 Å². The molecule has 0 amide bonds. The van der Waals surface area contributed by atoms with Crippen molar-refractivity contribution in [2.24, 2.45) is 0 Å². The minimum atomic E-state index is -0.777. The Morgan fingerprint density at radius 1 is 1.69 bits per heavy atom. The van der Waals surface area contributed by atoms with Crippen molar-refractivity contribution in [2.75, 3.05) is 11.5 Å². The molecule has 2 heterocycles. The van der Waals surface area contributed by atoms with Crippen molar-refractivity contribution in [1.82, 2.24) is 9.55 Å². The number of hydrogen-bond acceptors (Lipinski definition) is 3. The van der Waals surface area contributed by atoms with E-state index in [1.54, 1.807) is 24.2 Å². The molecular formula is C11H16N2O2S. The molecule has 0 aromatic carbocycles. The summed E-state index contributed by atoms with van der Waals surface area (Å²) in [4.78, 5) is 15.8. The Labute approximate surface area is 99.1 Å². The third kappa shape index (κ3) is 1.63. The Hall–Kier alpha value is -0.970. The zero-order chi connectivity index (χ0) is 11.8. The first-order valence-corrected chi connectivity index (χ1v) is 6.58. The first-order valence-electron chi connectivity index (χ1n) is 5.43. The molecule has 1 aromatic heterocycles. The van der Waals surface area contributed by atoms with Crippen molar-refractivity contribution in [3.8, 4) is 0 Å². The van der Waals surface area contributed by atoms with Crippen LogP contribution in [0.2, 0.25) is 0 Å². The molecule has 0 aliphatic carbocycles. The van der Waals surface area contributed by atoms with Crippen LogP contribution in [0.25, 0.3) is 0 Å². The molecule has 1 saturated heterocycles. The van der Waals surface area contributed by atoms with Crippen LogP contribution in [0.15, 0.2) is 12.4 Å². The molecule has 1 atom stereocenters. The molecule has 5 heteroatoms.